The first-order valence-electron chi connectivity index (χ1n) is 6.61. The number of halogens is 1. The van der Waals surface area contributed by atoms with Crippen LogP contribution >= 0.6 is 15.9 Å². The quantitative estimate of drug-likeness (QED) is 0.745. The van der Waals surface area contributed by atoms with Crippen LogP contribution in [0.1, 0.15) is 22.9 Å². The highest BCUT2D eigenvalue weighted by Gasteiger charge is 2.19. The molecular weight excluding hydrogens is 314 g/mol. The largest absolute Gasteiger partial charge is 0.459 e. The fourth-order valence-electron chi connectivity index (χ4n) is 2.53. The highest BCUT2D eigenvalue weighted by atomic mass is 79.9. The third kappa shape index (κ3) is 2.28. The summed E-state index contributed by atoms with van der Waals surface area (Å²) in [6.07, 6.45) is 0. The summed E-state index contributed by atoms with van der Waals surface area (Å²) in [5.41, 5.74) is 3.30. The number of rotatable bonds is 3. The van der Waals surface area contributed by atoms with E-state index in [9.17, 15) is 0 Å². The minimum Gasteiger partial charge on any atom is -0.459 e. The first kappa shape index (κ1) is 13.4. The predicted octanol–water partition coefficient (Wildman–Crippen LogP) is 4.81. The lowest BCUT2D eigenvalue weighted by Crippen LogP contribution is -2.17. The van der Waals surface area contributed by atoms with E-state index in [2.05, 4.69) is 58.5 Å². The Morgan fingerprint density at radius 2 is 1.90 bits per heavy atom. The molecule has 1 unspecified atom stereocenters. The standard InChI is InChI=1S/C17H16BrNO/c1-11-6-5-7-12-10-15(20-17(11)12)16(19-2)13-8-3-4-9-14(13)18/h3-10,16,19H,1-2H3. The molecule has 1 heterocycles. The van der Waals surface area contributed by atoms with E-state index in [4.69, 9.17) is 4.42 Å². The first-order valence-corrected chi connectivity index (χ1v) is 7.40. The van der Waals surface area contributed by atoms with E-state index in [0.717, 1.165) is 26.8 Å². The van der Waals surface area contributed by atoms with E-state index in [-0.39, 0.29) is 6.04 Å². The van der Waals surface area contributed by atoms with Crippen LogP contribution in [-0.4, -0.2) is 7.05 Å². The van der Waals surface area contributed by atoms with Crippen LogP contribution in [0.3, 0.4) is 0 Å². The number of benzene rings is 2. The molecule has 0 bridgehead atoms. The van der Waals surface area contributed by atoms with Gasteiger partial charge in [-0.05, 0) is 37.2 Å². The zero-order valence-corrected chi connectivity index (χ0v) is 13.1. The van der Waals surface area contributed by atoms with Crippen LogP contribution in [0.15, 0.2) is 57.4 Å². The van der Waals surface area contributed by atoms with Crippen LogP contribution in [-0.2, 0) is 0 Å². The van der Waals surface area contributed by atoms with E-state index in [1.165, 1.54) is 5.56 Å². The fraction of sp³-hybridized carbons (Fsp3) is 0.176. The van der Waals surface area contributed by atoms with Crippen molar-refractivity contribution in [2.75, 3.05) is 7.05 Å². The number of para-hydroxylation sites is 1. The van der Waals surface area contributed by atoms with Crippen molar-refractivity contribution >= 4 is 26.9 Å². The molecule has 3 rings (SSSR count). The Kier molecular flexibility index (Phi) is 3.64. The normalized spacial score (nSPS) is 12.8. The molecule has 0 aliphatic heterocycles. The lowest BCUT2D eigenvalue weighted by Gasteiger charge is -2.15. The van der Waals surface area contributed by atoms with Crippen molar-refractivity contribution in [1.29, 1.82) is 0 Å². The van der Waals surface area contributed by atoms with Crippen LogP contribution < -0.4 is 5.32 Å². The maximum Gasteiger partial charge on any atom is 0.137 e. The van der Waals surface area contributed by atoms with Gasteiger partial charge >= 0.3 is 0 Å². The molecule has 0 amide bonds. The molecule has 3 aromatic rings. The Hall–Kier alpha value is -1.58. The second-order valence-electron chi connectivity index (χ2n) is 4.89. The average Bonchev–Trinajstić information content (AvgIpc) is 2.87. The Labute approximate surface area is 126 Å². The number of aryl methyl sites for hydroxylation is 1. The smallest absolute Gasteiger partial charge is 0.137 e. The Bertz CT molecular complexity index is 748. The van der Waals surface area contributed by atoms with Crippen LogP contribution in [0.5, 0.6) is 0 Å². The predicted molar refractivity (Wildman–Crippen MR) is 86.0 cm³/mol. The van der Waals surface area contributed by atoms with Crippen molar-refractivity contribution in [3.8, 4) is 0 Å². The average molecular weight is 330 g/mol. The van der Waals surface area contributed by atoms with Gasteiger partial charge in [0, 0.05) is 9.86 Å². The summed E-state index contributed by atoms with van der Waals surface area (Å²) in [4.78, 5) is 0. The molecule has 0 saturated heterocycles. The van der Waals surface area contributed by atoms with Crippen molar-refractivity contribution in [1.82, 2.24) is 5.32 Å². The van der Waals surface area contributed by atoms with Crippen LogP contribution in [0.25, 0.3) is 11.0 Å². The summed E-state index contributed by atoms with van der Waals surface area (Å²) in [6.45, 7) is 2.07. The minimum atomic E-state index is 0.0392. The van der Waals surface area contributed by atoms with Crippen LogP contribution in [0.2, 0.25) is 0 Å². The van der Waals surface area contributed by atoms with E-state index in [0.29, 0.717) is 0 Å². The third-order valence-electron chi connectivity index (χ3n) is 3.55. The molecule has 1 atom stereocenters. The van der Waals surface area contributed by atoms with Gasteiger partial charge in [0.2, 0.25) is 0 Å². The molecule has 102 valence electrons. The second kappa shape index (κ2) is 5.43. The van der Waals surface area contributed by atoms with Crippen molar-refractivity contribution < 1.29 is 4.42 Å². The zero-order chi connectivity index (χ0) is 14.1. The van der Waals surface area contributed by atoms with Gasteiger partial charge in [0.05, 0.1) is 6.04 Å². The van der Waals surface area contributed by atoms with Crippen LogP contribution in [0.4, 0.5) is 0 Å². The minimum absolute atomic E-state index is 0.0392. The number of furan rings is 1. The van der Waals surface area contributed by atoms with Gasteiger partial charge in [0.25, 0.3) is 0 Å². The molecule has 0 saturated carbocycles. The molecular formula is C17H16BrNO. The van der Waals surface area contributed by atoms with Gasteiger partial charge in [-0.3, -0.25) is 0 Å². The molecule has 0 radical (unpaired) electrons. The highest BCUT2D eigenvalue weighted by molar-refractivity contribution is 9.10. The lowest BCUT2D eigenvalue weighted by atomic mass is 10.0. The monoisotopic (exact) mass is 329 g/mol. The molecule has 0 fully saturated rings. The highest BCUT2D eigenvalue weighted by Crippen LogP contribution is 2.32. The van der Waals surface area contributed by atoms with Gasteiger partial charge in [-0.25, -0.2) is 0 Å². The SMILES string of the molecule is CNC(c1cc2cccc(C)c2o1)c1ccccc1Br. The summed E-state index contributed by atoms with van der Waals surface area (Å²) in [7, 11) is 1.95. The van der Waals surface area contributed by atoms with Gasteiger partial charge in [-0.1, -0.05) is 52.3 Å². The van der Waals surface area contributed by atoms with Crippen LogP contribution in [0, 0.1) is 6.92 Å². The van der Waals surface area contributed by atoms with Gasteiger partial charge in [-0.15, -0.1) is 0 Å². The summed E-state index contributed by atoms with van der Waals surface area (Å²) >= 11 is 3.61. The molecule has 1 N–H and O–H groups in total. The van der Waals surface area contributed by atoms with E-state index < -0.39 is 0 Å². The maximum absolute atomic E-state index is 6.08. The summed E-state index contributed by atoms with van der Waals surface area (Å²) < 4.78 is 7.16. The summed E-state index contributed by atoms with van der Waals surface area (Å²) in [6, 6.07) is 16.6. The Morgan fingerprint density at radius 3 is 2.60 bits per heavy atom. The van der Waals surface area contributed by atoms with E-state index in [1.807, 2.05) is 25.2 Å². The van der Waals surface area contributed by atoms with Gasteiger partial charge < -0.3 is 9.73 Å². The topological polar surface area (TPSA) is 25.2 Å². The van der Waals surface area contributed by atoms with E-state index >= 15 is 0 Å². The number of hydrogen-bond donors (Lipinski definition) is 1. The van der Waals surface area contributed by atoms with Crippen molar-refractivity contribution in [3.63, 3.8) is 0 Å². The molecule has 2 nitrogen and oxygen atoms in total. The zero-order valence-electron chi connectivity index (χ0n) is 11.5. The molecule has 2 aromatic carbocycles. The molecule has 0 spiro atoms. The van der Waals surface area contributed by atoms with Gasteiger partial charge in [0.1, 0.15) is 11.3 Å². The Balaban J connectivity index is 2.12. The number of hydrogen-bond acceptors (Lipinski definition) is 2. The first-order chi connectivity index (χ1) is 9.70. The van der Waals surface area contributed by atoms with Crippen molar-refractivity contribution in [2.45, 2.75) is 13.0 Å². The maximum atomic E-state index is 6.08. The van der Waals surface area contributed by atoms with Crippen molar-refractivity contribution in [2.24, 2.45) is 0 Å². The van der Waals surface area contributed by atoms with Crippen molar-refractivity contribution in [3.05, 3.63) is 69.9 Å². The van der Waals surface area contributed by atoms with E-state index in [1.54, 1.807) is 0 Å². The molecule has 1 aromatic heterocycles. The third-order valence-corrected chi connectivity index (χ3v) is 4.27. The molecule has 3 heteroatoms. The lowest BCUT2D eigenvalue weighted by molar-refractivity contribution is 0.489. The summed E-state index contributed by atoms with van der Waals surface area (Å²) in [5.74, 6) is 0.934. The molecule has 0 aliphatic rings. The Morgan fingerprint density at radius 1 is 1.10 bits per heavy atom. The molecule has 20 heavy (non-hydrogen) atoms. The number of nitrogens with one attached hydrogen (secondary N) is 1. The second-order valence-corrected chi connectivity index (χ2v) is 5.74. The van der Waals surface area contributed by atoms with Gasteiger partial charge in [-0.2, -0.15) is 0 Å². The summed E-state index contributed by atoms with van der Waals surface area (Å²) in [5, 5.41) is 4.48. The molecule has 0 aliphatic carbocycles. The number of fused-ring (bicyclic) bond motifs is 1. The fourth-order valence-corrected chi connectivity index (χ4v) is 3.05. The van der Waals surface area contributed by atoms with Gasteiger partial charge in [0.15, 0.2) is 0 Å².